The van der Waals surface area contributed by atoms with Gasteiger partial charge in [-0.1, -0.05) is 18.2 Å². The lowest BCUT2D eigenvalue weighted by molar-refractivity contribution is 0.827. The van der Waals surface area contributed by atoms with E-state index in [1.165, 1.54) is 11.3 Å². The highest BCUT2D eigenvalue weighted by Gasteiger charge is 2.04. The number of hydrogen-bond acceptors (Lipinski definition) is 1. The highest BCUT2D eigenvalue weighted by atomic mass is 15.3. The number of aromatic nitrogens is 2. The van der Waals surface area contributed by atoms with Crippen molar-refractivity contribution in [2.45, 2.75) is 20.8 Å². The Hall–Kier alpha value is -1.57. The van der Waals surface area contributed by atoms with Crippen LogP contribution in [-0.2, 0) is 0 Å². The van der Waals surface area contributed by atoms with Crippen LogP contribution in [0.15, 0.2) is 30.3 Å². The lowest BCUT2D eigenvalue weighted by Gasteiger charge is -2.06. The van der Waals surface area contributed by atoms with Crippen LogP contribution in [0.2, 0.25) is 0 Å². The van der Waals surface area contributed by atoms with Gasteiger partial charge in [0.15, 0.2) is 0 Å². The minimum atomic E-state index is 1.06. The van der Waals surface area contributed by atoms with Gasteiger partial charge in [0.05, 0.1) is 11.4 Å². The number of benzene rings is 1. The van der Waals surface area contributed by atoms with E-state index in [0.29, 0.717) is 0 Å². The van der Waals surface area contributed by atoms with Crippen molar-refractivity contribution < 1.29 is 0 Å². The summed E-state index contributed by atoms with van der Waals surface area (Å²) in [5.74, 6) is 0. The first kappa shape index (κ1) is 9.00. The standard InChI is InChI=1S/C12H14N2/c1-9-6-4-5-7-12(9)14-11(3)8-10(2)13-14/h4-8H,1-3H3. The first-order chi connectivity index (χ1) is 6.68. The van der Waals surface area contributed by atoms with Crippen molar-refractivity contribution >= 4 is 0 Å². The number of nitrogens with zero attached hydrogens (tertiary/aromatic N) is 2. The predicted octanol–water partition coefficient (Wildman–Crippen LogP) is 2.80. The fourth-order valence-corrected chi connectivity index (χ4v) is 1.67. The zero-order chi connectivity index (χ0) is 10.1. The molecule has 2 nitrogen and oxygen atoms in total. The molecule has 0 amide bonds. The van der Waals surface area contributed by atoms with Gasteiger partial charge in [0, 0.05) is 5.69 Å². The number of para-hydroxylation sites is 1. The van der Waals surface area contributed by atoms with Gasteiger partial charge in [-0.05, 0) is 38.5 Å². The second kappa shape index (κ2) is 3.29. The normalized spacial score (nSPS) is 10.5. The third kappa shape index (κ3) is 1.43. The van der Waals surface area contributed by atoms with Crippen molar-refractivity contribution in [1.29, 1.82) is 0 Å². The van der Waals surface area contributed by atoms with Crippen molar-refractivity contribution in [2.75, 3.05) is 0 Å². The average Bonchev–Trinajstić information content (AvgIpc) is 2.46. The summed E-state index contributed by atoms with van der Waals surface area (Å²) in [5.41, 5.74) is 4.65. The number of rotatable bonds is 1. The van der Waals surface area contributed by atoms with E-state index >= 15 is 0 Å². The summed E-state index contributed by atoms with van der Waals surface area (Å²) in [6.45, 7) is 6.19. The fraction of sp³-hybridized carbons (Fsp3) is 0.250. The first-order valence-corrected chi connectivity index (χ1v) is 4.78. The molecule has 1 heterocycles. The Kier molecular flexibility index (Phi) is 2.12. The summed E-state index contributed by atoms with van der Waals surface area (Å²) in [5, 5.41) is 4.46. The van der Waals surface area contributed by atoms with E-state index in [9.17, 15) is 0 Å². The minimum Gasteiger partial charge on any atom is -0.238 e. The van der Waals surface area contributed by atoms with E-state index in [4.69, 9.17) is 0 Å². The molecular formula is C12H14N2. The van der Waals surface area contributed by atoms with Gasteiger partial charge in [0.25, 0.3) is 0 Å². The molecule has 2 heteroatoms. The van der Waals surface area contributed by atoms with E-state index in [1.54, 1.807) is 0 Å². The highest BCUT2D eigenvalue weighted by Crippen LogP contribution is 2.15. The fourth-order valence-electron chi connectivity index (χ4n) is 1.67. The molecule has 0 radical (unpaired) electrons. The van der Waals surface area contributed by atoms with Crippen LogP contribution < -0.4 is 0 Å². The maximum atomic E-state index is 4.46. The third-order valence-electron chi connectivity index (χ3n) is 2.35. The molecular weight excluding hydrogens is 172 g/mol. The van der Waals surface area contributed by atoms with Crippen LogP contribution in [0.25, 0.3) is 5.69 Å². The Bertz CT molecular complexity index is 455. The van der Waals surface area contributed by atoms with Crippen molar-refractivity contribution in [3.8, 4) is 5.69 Å². The molecule has 0 aliphatic heterocycles. The topological polar surface area (TPSA) is 17.8 Å². The molecule has 1 aromatic heterocycles. The van der Waals surface area contributed by atoms with Crippen molar-refractivity contribution in [2.24, 2.45) is 0 Å². The first-order valence-electron chi connectivity index (χ1n) is 4.78. The Morgan fingerprint density at radius 1 is 1.07 bits per heavy atom. The summed E-state index contributed by atoms with van der Waals surface area (Å²) >= 11 is 0. The Morgan fingerprint density at radius 3 is 2.36 bits per heavy atom. The van der Waals surface area contributed by atoms with Crippen LogP contribution in [0.4, 0.5) is 0 Å². The van der Waals surface area contributed by atoms with Crippen LogP contribution in [0, 0.1) is 20.8 Å². The van der Waals surface area contributed by atoms with Crippen LogP contribution in [-0.4, -0.2) is 9.78 Å². The van der Waals surface area contributed by atoms with Crippen LogP contribution in [0.3, 0.4) is 0 Å². The molecule has 14 heavy (non-hydrogen) atoms. The van der Waals surface area contributed by atoms with Crippen molar-refractivity contribution in [1.82, 2.24) is 9.78 Å². The summed E-state index contributed by atoms with van der Waals surface area (Å²) in [6.07, 6.45) is 0. The lowest BCUT2D eigenvalue weighted by atomic mass is 10.2. The smallest absolute Gasteiger partial charge is 0.0677 e. The molecule has 0 atom stereocenters. The largest absolute Gasteiger partial charge is 0.238 e. The average molecular weight is 186 g/mol. The molecule has 2 rings (SSSR count). The molecule has 0 spiro atoms. The summed E-state index contributed by atoms with van der Waals surface area (Å²) < 4.78 is 1.99. The molecule has 1 aromatic carbocycles. The summed E-state index contributed by atoms with van der Waals surface area (Å²) in [6, 6.07) is 10.4. The summed E-state index contributed by atoms with van der Waals surface area (Å²) in [4.78, 5) is 0. The molecule has 0 saturated carbocycles. The number of hydrogen-bond donors (Lipinski definition) is 0. The molecule has 0 aliphatic rings. The van der Waals surface area contributed by atoms with Gasteiger partial charge >= 0.3 is 0 Å². The second-order valence-corrected chi connectivity index (χ2v) is 3.63. The molecule has 72 valence electrons. The van der Waals surface area contributed by atoms with E-state index in [1.807, 2.05) is 23.7 Å². The van der Waals surface area contributed by atoms with E-state index in [-0.39, 0.29) is 0 Å². The second-order valence-electron chi connectivity index (χ2n) is 3.63. The van der Waals surface area contributed by atoms with Gasteiger partial charge in [-0.3, -0.25) is 0 Å². The van der Waals surface area contributed by atoms with Gasteiger partial charge < -0.3 is 0 Å². The van der Waals surface area contributed by atoms with E-state index in [0.717, 1.165) is 11.4 Å². The Balaban J connectivity index is 2.60. The molecule has 0 aliphatic carbocycles. The van der Waals surface area contributed by atoms with Gasteiger partial charge in [-0.15, -0.1) is 0 Å². The molecule has 2 aromatic rings. The van der Waals surface area contributed by atoms with E-state index < -0.39 is 0 Å². The van der Waals surface area contributed by atoms with Crippen molar-refractivity contribution in [3.63, 3.8) is 0 Å². The van der Waals surface area contributed by atoms with Crippen LogP contribution >= 0.6 is 0 Å². The van der Waals surface area contributed by atoms with Gasteiger partial charge in [-0.25, -0.2) is 4.68 Å². The van der Waals surface area contributed by atoms with Crippen LogP contribution in [0.5, 0.6) is 0 Å². The minimum absolute atomic E-state index is 1.06. The molecule has 0 unspecified atom stereocenters. The zero-order valence-corrected chi connectivity index (χ0v) is 8.78. The summed E-state index contributed by atoms with van der Waals surface area (Å²) in [7, 11) is 0. The highest BCUT2D eigenvalue weighted by molar-refractivity contribution is 5.40. The Morgan fingerprint density at radius 2 is 1.79 bits per heavy atom. The number of aryl methyl sites for hydroxylation is 3. The molecule has 0 fully saturated rings. The van der Waals surface area contributed by atoms with E-state index in [2.05, 4.69) is 37.1 Å². The quantitative estimate of drug-likeness (QED) is 0.669. The van der Waals surface area contributed by atoms with Crippen LogP contribution in [0.1, 0.15) is 17.0 Å². The van der Waals surface area contributed by atoms with Crippen molar-refractivity contribution in [3.05, 3.63) is 47.3 Å². The maximum Gasteiger partial charge on any atom is 0.0677 e. The van der Waals surface area contributed by atoms with Gasteiger partial charge in [-0.2, -0.15) is 5.10 Å². The zero-order valence-electron chi connectivity index (χ0n) is 8.78. The molecule has 0 N–H and O–H groups in total. The SMILES string of the molecule is Cc1cc(C)n(-c2ccccc2C)n1. The third-order valence-corrected chi connectivity index (χ3v) is 2.35. The Labute approximate surface area is 84.2 Å². The predicted molar refractivity (Wildman–Crippen MR) is 57.8 cm³/mol. The molecule has 0 saturated heterocycles. The molecule has 0 bridgehead atoms. The lowest BCUT2D eigenvalue weighted by Crippen LogP contribution is -2.00. The maximum absolute atomic E-state index is 4.46. The monoisotopic (exact) mass is 186 g/mol. The van der Waals surface area contributed by atoms with Gasteiger partial charge in [0.2, 0.25) is 0 Å². The van der Waals surface area contributed by atoms with Gasteiger partial charge in [0.1, 0.15) is 0 Å².